The van der Waals surface area contributed by atoms with Crippen molar-refractivity contribution in [3.8, 4) is 5.75 Å². The molecule has 0 saturated carbocycles. The van der Waals surface area contributed by atoms with Gasteiger partial charge in [-0.05, 0) is 18.2 Å². The van der Waals surface area contributed by atoms with Crippen molar-refractivity contribution in [1.82, 2.24) is 9.88 Å². The minimum absolute atomic E-state index is 0.245. The first-order valence-electron chi connectivity index (χ1n) is 8.05. The summed E-state index contributed by atoms with van der Waals surface area (Å²) in [6, 6.07) is 9.06. The minimum Gasteiger partial charge on any atom is -0.495 e. The number of methoxy groups -OCH3 is 1. The van der Waals surface area contributed by atoms with Crippen LogP contribution in [-0.2, 0) is 4.79 Å². The number of piperazine rings is 1. The molecule has 3 rings (SSSR count). The predicted octanol–water partition coefficient (Wildman–Crippen LogP) is 1.62. The molecule has 0 aliphatic carbocycles. The number of hydrogen-bond donors (Lipinski definition) is 1. The summed E-state index contributed by atoms with van der Waals surface area (Å²) in [6.07, 6.45) is 4.14. The molecule has 0 bridgehead atoms. The van der Waals surface area contributed by atoms with Crippen LogP contribution < -0.4 is 15.0 Å². The second kappa shape index (κ2) is 7.65. The molecular weight excluding hydrogens is 320 g/mol. The predicted molar refractivity (Wildman–Crippen MR) is 95.0 cm³/mol. The molecule has 2 aromatic rings. The third-order valence-corrected chi connectivity index (χ3v) is 4.17. The molecule has 2 amide bonds. The second-order valence-electron chi connectivity index (χ2n) is 5.71. The highest BCUT2D eigenvalue weighted by molar-refractivity contribution is 6.05. The van der Waals surface area contributed by atoms with Gasteiger partial charge in [0.15, 0.2) is 0 Å². The van der Waals surface area contributed by atoms with Gasteiger partial charge in [-0.3, -0.25) is 14.6 Å². The van der Waals surface area contributed by atoms with E-state index in [9.17, 15) is 9.59 Å². The highest BCUT2D eigenvalue weighted by Gasteiger charge is 2.17. The van der Waals surface area contributed by atoms with Gasteiger partial charge in [-0.2, -0.15) is 0 Å². The fourth-order valence-electron chi connectivity index (χ4n) is 2.75. The maximum absolute atomic E-state index is 12.5. The largest absolute Gasteiger partial charge is 0.495 e. The zero-order chi connectivity index (χ0) is 17.6. The lowest BCUT2D eigenvalue weighted by Gasteiger charge is -2.34. The van der Waals surface area contributed by atoms with Crippen molar-refractivity contribution in [2.75, 3.05) is 43.5 Å². The molecule has 1 N–H and O–H groups in total. The Balaban J connectivity index is 1.73. The Kier molecular flexibility index (Phi) is 5.13. The number of nitrogens with zero attached hydrogens (tertiary/aromatic N) is 3. The van der Waals surface area contributed by atoms with Gasteiger partial charge < -0.3 is 19.9 Å². The number of carbonyl (C=O) groups excluding carboxylic acids is 2. The average Bonchev–Trinajstić information content (AvgIpc) is 2.68. The van der Waals surface area contributed by atoms with Crippen LogP contribution in [0.1, 0.15) is 10.4 Å². The normalized spacial score (nSPS) is 14.1. The molecule has 1 aliphatic heterocycles. The van der Waals surface area contributed by atoms with Crippen molar-refractivity contribution in [2.24, 2.45) is 0 Å². The second-order valence-corrected chi connectivity index (χ2v) is 5.71. The number of ether oxygens (including phenoxy) is 1. The highest BCUT2D eigenvalue weighted by Crippen LogP contribution is 2.24. The molecular formula is C18H20N4O3. The molecule has 7 heteroatoms. The number of hydrogen-bond acceptors (Lipinski definition) is 5. The van der Waals surface area contributed by atoms with Crippen LogP contribution in [0.5, 0.6) is 5.75 Å². The Morgan fingerprint density at radius 1 is 1.20 bits per heavy atom. The lowest BCUT2D eigenvalue weighted by atomic mass is 10.2. The summed E-state index contributed by atoms with van der Waals surface area (Å²) in [5.41, 5.74) is 1.96. The summed E-state index contributed by atoms with van der Waals surface area (Å²) in [4.78, 5) is 31.4. The summed E-state index contributed by atoms with van der Waals surface area (Å²) >= 11 is 0. The first-order chi connectivity index (χ1) is 12.2. The van der Waals surface area contributed by atoms with E-state index in [0.717, 1.165) is 25.2 Å². The van der Waals surface area contributed by atoms with E-state index in [0.29, 0.717) is 30.1 Å². The van der Waals surface area contributed by atoms with Crippen LogP contribution in [0.15, 0.2) is 42.7 Å². The van der Waals surface area contributed by atoms with E-state index < -0.39 is 0 Å². The van der Waals surface area contributed by atoms with Crippen molar-refractivity contribution >= 4 is 23.7 Å². The van der Waals surface area contributed by atoms with Gasteiger partial charge in [0.2, 0.25) is 6.41 Å². The van der Waals surface area contributed by atoms with Crippen molar-refractivity contribution in [2.45, 2.75) is 0 Å². The maximum Gasteiger partial charge on any atom is 0.257 e. The Morgan fingerprint density at radius 2 is 1.96 bits per heavy atom. The van der Waals surface area contributed by atoms with Crippen LogP contribution in [-0.4, -0.2) is 55.5 Å². The van der Waals surface area contributed by atoms with Crippen molar-refractivity contribution in [3.63, 3.8) is 0 Å². The summed E-state index contributed by atoms with van der Waals surface area (Å²) in [5.74, 6) is 0.357. The van der Waals surface area contributed by atoms with Gasteiger partial charge in [-0.1, -0.05) is 12.1 Å². The number of para-hydroxylation sites is 2. The van der Waals surface area contributed by atoms with E-state index in [1.807, 2.05) is 18.2 Å². The van der Waals surface area contributed by atoms with Gasteiger partial charge in [0.1, 0.15) is 5.75 Å². The first-order valence-corrected chi connectivity index (χ1v) is 8.05. The summed E-state index contributed by atoms with van der Waals surface area (Å²) in [7, 11) is 1.56. The zero-order valence-corrected chi connectivity index (χ0v) is 14.0. The molecule has 0 unspecified atom stereocenters. The van der Waals surface area contributed by atoms with E-state index in [2.05, 4.69) is 15.2 Å². The van der Waals surface area contributed by atoms with Crippen molar-refractivity contribution in [3.05, 3.63) is 48.3 Å². The topological polar surface area (TPSA) is 74.8 Å². The molecule has 2 heterocycles. The number of benzene rings is 1. The number of anilines is 2. The Bertz CT molecular complexity index is 757. The number of pyridine rings is 1. The SMILES string of the molecule is COc1ccccc1NC(=O)c1cncc(N2CCN(C=O)CC2)c1. The van der Waals surface area contributed by atoms with Gasteiger partial charge in [-0.15, -0.1) is 0 Å². The molecule has 1 aliphatic rings. The van der Waals surface area contributed by atoms with Crippen LogP contribution in [0.3, 0.4) is 0 Å². The molecule has 0 radical (unpaired) electrons. The van der Waals surface area contributed by atoms with Gasteiger partial charge >= 0.3 is 0 Å². The zero-order valence-electron chi connectivity index (χ0n) is 14.0. The maximum atomic E-state index is 12.5. The number of nitrogens with one attached hydrogen (secondary N) is 1. The summed E-state index contributed by atoms with van der Waals surface area (Å²) in [5, 5.41) is 2.85. The van der Waals surface area contributed by atoms with Crippen LogP contribution in [0, 0.1) is 0 Å². The van der Waals surface area contributed by atoms with E-state index in [4.69, 9.17) is 4.74 Å². The number of amides is 2. The quantitative estimate of drug-likeness (QED) is 0.837. The molecule has 1 aromatic heterocycles. The van der Waals surface area contributed by atoms with Crippen LogP contribution in [0.2, 0.25) is 0 Å². The van der Waals surface area contributed by atoms with Crippen molar-refractivity contribution < 1.29 is 14.3 Å². The molecule has 25 heavy (non-hydrogen) atoms. The molecule has 1 fully saturated rings. The van der Waals surface area contributed by atoms with Gasteiger partial charge in [0, 0.05) is 32.4 Å². The van der Waals surface area contributed by atoms with Gasteiger partial charge in [-0.25, -0.2) is 0 Å². The van der Waals surface area contributed by atoms with Crippen LogP contribution >= 0.6 is 0 Å². The van der Waals surface area contributed by atoms with E-state index in [1.54, 1.807) is 30.3 Å². The van der Waals surface area contributed by atoms with Gasteiger partial charge in [0.25, 0.3) is 5.91 Å². The molecule has 130 valence electrons. The van der Waals surface area contributed by atoms with Crippen LogP contribution in [0.4, 0.5) is 11.4 Å². The molecule has 1 saturated heterocycles. The van der Waals surface area contributed by atoms with Gasteiger partial charge in [0.05, 0.1) is 30.2 Å². The fourth-order valence-corrected chi connectivity index (χ4v) is 2.75. The van der Waals surface area contributed by atoms with E-state index >= 15 is 0 Å². The van der Waals surface area contributed by atoms with E-state index in [-0.39, 0.29) is 5.91 Å². The average molecular weight is 340 g/mol. The minimum atomic E-state index is -0.245. The number of aromatic nitrogens is 1. The Labute approximate surface area is 146 Å². The summed E-state index contributed by atoms with van der Waals surface area (Å²) in [6.45, 7) is 2.78. The molecule has 1 aromatic carbocycles. The Morgan fingerprint density at radius 3 is 2.68 bits per heavy atom. The van der Waals surface area contributed by atoms with Crippen molar-refractivity contribution in [1.29, 1.82) is 0 Å². The lowest BCUT2D eigenvalue weighted by Crippen LogP contribution is -2.45. The highest BCUT2D eigenvalue weighted by atomic mass is 16.5. The number of carbonyl (C=O) groups is 2. The lowest BCUT2D eigenvalue weighted by molar-refractivity contribution is -0.118. The third-order valence-electron chi connectivity index (χ3n) is 4.17. The monoisotopic (exact) mass is 340 g/mol. The fraction of sp³-hybridized carbons (Fsp3) is 0.278. The number of rotatable bonds is 5. The molecule has 0 atom stereocenters. The molecule has 0 spiro atoms. The third kappa shape index (κ3) is 3.88. The van der Waals surface area contributed by atoms with Crippen LogP contribution in [0.25, 0.3) is 0 Å². The smallest absolute Gasteiger partial charge is 0.257 e. The Hall–Kier alpha value is -3.09. The van der Waals surface area contributed by atoms with E-state index in [1.165, 1.54) is 6.20 Å². The standard InChI is InChI=1S/C18H20N4O3/c1-25-17-5-3-2-4-16(17)20-18(24)14-10-15(12-19-11-14)22-8-6-21(13-23)7-9-22/h2-5,10-13H,6-9H2,1H3,(H,20,24). The first kappa shape index (κ1) is 16.8. The summed E-state index contributed by atoms with van der Waals surface area (Å²) < 4.78 is 5.25. The molecule has 7 nitrogen and oxygen atoms in total.